The van der Waals surface area contributed by atoms with Gasteiger partial charge in [0.15, 0.2) is 14.6 Å². The van der Waals surface area contributed by atoms with E-state index in [-0.39, 0.29) is 0 Å². The van der Waals surface area contributed by atoms with Crippen molar-refractivity contribution in [3.05, 3.63) is 16.7 Å². The molecule has 86 valence electrons. The second-order valence-corrected chi connectivity index (χ2v) is 7.39. The zero-order valence-electron chi connectivity index (χ0n) is 9.36. The van der Waals surface area contributed by atoms with E-state index in [1.807, 2.05) is 6.92 Å². The number of rotatable bonds is 3. The van der Waals surface area contributed by atoms with E-state index in [2.05, 4.69) is 4.98 Å². The molecule has 0 spiro atoms. The molecule has 0 aromatic carbocycles. The standard InChI is InChI=1S/C9H16N2O2S2/c1-7-5-10-8(14)11(7)6-9(2,3)15(4,12)13/h5H,6H2,1-4H3,(H,10,14). The summed E-state index contributed by atoms with van der Waals surface area (Å²) < 4.78 is 24.6. The predicted octanol–water partition coefficient (Wildman–Crippen LogP) is 1.68. The highest BCUT2D eigenvalue weighted by Crippen LogP contribution is 2.19. The van der Waals surface area contributed by atoms with Crippen LogP contribution in [0.2, 0.25) is 0 Å². The summed E-state index contributed by atoms with van der Waals surface area (Å²) in [7, 11) is -3.09. The lowest BCUT2D eigenvalue weighted by atomic mass is 10.2. The minimum absolute atomic E-state index is 0.375. The number of aromatic nitrogens is 2. The van der Waals surface area contributed by atoms with Crippen molar-refractivity contribution in [3.63, 3.8) is 0 Å². The van der Waals surface area contributed by atoms with Crippen molar-refractivity contribution in [2.24, 2.45) is 0 Å². The zero-order valence-corrected chi connectivity index (χ0v) is 11.0. The van der Waals surface area contributed by atoms with Crippen molar-refractivity contribution >= 4 is 22.1 Å². The van der Waals surface area contributed by atoms with Crippen LogP contribution in [0.5, 0.6) is 0 Å². The first kappa shape index (κ1) is 12.4. The Bertz CT molecular complexity index is 508. The largest absolute Gasteiger partial charge is 0.337 e. The number of H-pyrrole nitrogens is 1. The Balaban J connectivity index is 3.13. The molecule has 1 N–H and O–H groups in total. The molecule has 1 heterocycles. The first-order valence-electron chi connectivity index (χ1n) is 4.59. The molecular formula is C9H16N2O2S2. The average Bonchev–Trinajstić information content (AvgIpc) is 2.33. The number of sulfone groups is 1. The summed E-state index contributed by atoms with van der Waals surface area (Å²) >= 11 is 5.08. The molecule has 0 saturated carbocycles. The first-order chi connectivity index (χ1) is 6.65. The van der Waals surface area contributed by atoms with Gasteiger partial charge in [-0.25, -0.2) is 8.42 Å². The van der Waals surface area contributed by atoms with Gasteiger partial charge >= 0.3 is 0 Å². The molecule has 0 atom stereocenters. The molecule has 4 nitrogen and oxygen atoms in total. The van der Waals surface area contributed by atoms with Gasteiger partial charge in [-0.2, -0.15) is 0 Å². The number of aromatic amines is 1. The van der Waals surface area contributed by atoms with Gasteiger partial charge < -0.3 is 9.55 Å². The molecule has 0 saturated heterocycles. The van der Waals surface area contributed by atoms with Crippen molar-refractivity contribution in [1.82, 2.24) is 9.55 Å². The van der Waals surface area contributed by atoms with Crippen LogP contribution >= 0.6 is 12.2 Å². The highest BCUT2D eigenvalue weighted by molar-refractivity contribution is 7.92. The molecule has 1 rings (SSSR count). The van der Waals surface area contributed by atoms with Crippen molar-refractivity contribution in [2.75, 3.05) is 6.26 Å². The molecule has 0 amide bonds. The summed E-state index contributed by atoms with van der Waals surface area (Å²) in [6.07, 6.45) is 3.03. The average molecular weight is 248 g/mol. The summed E-state index contributed by atoms with van der Waals surface area (Å²) in [6, 6.07) is 0. The topological polar surface area (TPSA) is 54.9 Å². The lowest BCUT2D eigenvalue weighted by Crippen LogP contribution is -2.36. The van der Waals surface area contributed by atoms with Crippen molar-refractivity contribution in [1.29, 1.82) is 0 Å². The molecule has 0 unspecified atom stereocenters. The number of nitrogens with one attached hydrogen (secondary N) is 1. The van der Waals surface area contributed by atoms with Crippen LogP contribution in [0, 0.1) is 11.7 Å². The maximum atomic E-state index is 11.5. The summed E-state index contributed by atoms with van der Waals surface area (Å²) in [5, 5.41) is 0. The van der Waals surface area contributed by atoms with Gasteiger partial charge in [0.2, 0.25) is 0 Å². The number of imidazole rings is 1. The minimum Gasteiger partial charge on any atom is -0.337 e. The smallest absolute Gasteiger partial charge is 0.177 e. The zero-order chi connectivity index (χ0) is 11.9. The van der Waals surface area contributed by atoms with Gasteiger partial charge in [0, 0.05) is 24.7 Å². The van der Waals surface area contributed by atoms with Gasteiger partial charge in [0.05, 0.1) is 4.75 Å². The number of hydrogen-bond acceptors (Lipinski definition) is 3. The van der Waals surface area contributed by atoms with Gasteiger partial charge in [-0.15, -0.1) is 0 Å². The normalized spacial score (nSPS) is 13.1. The van der Waals surface area contributed by atoms with E-state index in [1.165, 1.54) is 6.26 Å². The second-order valence-electron chi connectivity index (χ2n) is 4.35. The lowest BCUT2D eigenvalue weighted by Gasteiger charge is -2.23. The molecular weight excluding hydrogens is 232 g/mol. The lowest BCUT2D eigenvalue weighted by molar-refractivity contribution is 0.496. The second kappa shape index (κ2) is 3.75. The van der Waals surface area contributed by atoms with Crippen LogP contribution in [0.4, 0.5) is 0 Å². The van der Waals surface area contributed by atoms with E-state index in [1.54, 1.807) is 24.6 Å². The summed E-state index contributed by atoms with van der Waals surface area (Å²) in [4.78, 5) is 2.89. The molecule has 1 aromatic rings. The maximum absolute atomic E-state index is 11.5. The van der Waals surface area contributed by atoms with Gasteiger partial charge in [-0.05, 0) is 33.0 Å². The van der Waals surface area contributed by atoms with Gasteiger partial charge in [-0.3, -0.25) is 0 Å². The Labute approximate surface area is 95.2 Å². The molecule has 0 bridgehead atoms. The fourth-order valence-corrected chi connectivity index (χ4v) is 1.81. The van der Waals surface area contributed by atoms with E-state index in [0.29, 0.717) is 11.3 Å². The highest BCUT2D eigenvalue weighted by Gasteiger charge is 2.31. The van der Waals surface area contributed by atoms with E-state index < -0.39 is 14.6 Å². The third-order valence-corrected chi connectivity index (χ3v) is 5.09. The Kier molecular flexibility index (Phi) is 3.11. The third kappa shape index (κ3) is 2.49. The Hall–Kier alpha value is -0.620. The summed E-state index contributed by atoms with van der Waals surface area (Å²) in [5.74, 6) is 0. The van der Waals surface area contributed by atoms with Crippen LogP contribution in [0.25, 0.3) is 0 Å². The van der Waals surface area contributed by atoms with Crippen molar-refractivity contribution < 1.29 is 8.42 Å². The molecule has 0 aliphatic rings. The fraction of sp³-hybridized carbons (Fsp3) is 0.667. The molecule has 0 radical (unpaired) electrons. The van der Waals surface area contributed by atoms with E-state index in [9.17, 15) is 8.42 Å². The van der Waals surface area contributed by atoms with Crippen LogP contribution in [0.3, 0.4) is 0 Å². The van der Waals surface area contributed by atoms with Crippen LogP contribution < -0.4 is 0 Å². The summed E-state index contributed by atoms with van der Waals surface area (Å²) in [6.45, 7) is 5.68. The summed E-state index contributed by atoms with van der Waals surface area (Å²) in [5.41, 5.74) is 0.941. The highest BCUT2D eigenvalue weighted by atomic mass is 32.2. The predicted molar refractivity (Wildman–Crippen MR) is 63.3 cm³/mol. The Morgan fingerprint density at radius 1 is 1.53 bits per heavy atom. The third-order valence-electron chi connectivity index (χ3n) is 2.62. The molecule has 15 heavy (non-hydrogen) atoms. The quantitative estimate of drug-likeness (QED) is 0.828. The fourth-order valence-electron chi connectivity index (χ4n) is 1.18. The maximum Gasteiger partial charge on any atom is 0.177 e. The minimum atomic E-state index is -3.09. The number of hydrogen-bond donors (Lipinski definition) is 1. The van der Waals surface area contributed by atoms with Gasteiger partial charge in [0.1, 0.15) is 0 Å². The SMILES string of the molecule is Cc1c[nH]c(=S)n1CC(C)(C)S(C)(=O)=O. The van der Waals surface area contributed by atoms with Crippen LogP contribution in [-0.2, 0) is 16.4 Å². The molecule has 0 aliphatic carbocycles. The van der Waals surface area contributed by atoms with Gasteiger partial charge in [-0.1, -0.05) is 0 Å². The van der Waals surface area contributed by atoms with E-state index >= 15 is 0 Å². The monoisotopic (exact) mass is 248 g/mol. The van der Waals surface area contributed by atoms with Crippen LogP contribution in [0.1, 0.15) is 19.5 Å². The molecule has 1 aromatic heterocycles. The van der Waals surface area contributed by atoms with E-state index in [0.717, 1.165) is 5.69 Å². The van der Waals surface area contributed by atoms with Crippen molar-refractivity contribution in [2.45, 2.75) is 32.1 Å². The molecule has 0 aliphatic heterocycles. The number of nitrogens with zero attached hydrogens (tertiary/aromatic N) is 1. The molecule has 6 heteroatoms. The Morgan fingerprint density at radius 2 is 2.07 bits per heavy atom. The Morgan fingerprint density at radius 3 is 2.40 bits per heavy atom. The first-order valence-corrected chi connectivity index (χ1v) is 6.89. The van der Waals surface area contributed by atoms with Crippen LogP contribution in [-0.4, -0.2) is 29.0 Å². The number of aryl methyl sites for hydroxylation is 1. The van der Waals surface area contributed by atoms with Crippen LogP contribution in [0.15, 0.2) is 6.20 Å². The van der Waals surface area contributed by atoms with E-state index in [4.69, 9.17) is 12.2 Å². The molecule has 0 fully saturated rings. The van der Waals surface area contributed by atoms with Crippen molar-refractivity contribution in [3.8, 4) is 0 Å². The van der Waals surface area contributed by atoms with Gasteiger partial charge in [0.25, 0.3) is 0 Å².